The Labute approximate surface area is 129 Å². The van der Waals surface area contributed by atoms with E-state index in [0.29, 0.717) is 6.04 Å². The molecule has 2 heteroatoms. The van der Waals surface area contributed by atoms with Crippen LogP contribution in [0.15, 0.2) is 24.3 Å². The average molecular weight is 287 g/mol. The quantitative estimate of drug-likeness (QED) is 0.819. The van der Waals surface area contributed by atoms with E-state index in [0.717, 1.165) is 30.8 Å². The predicted octanol–water partition coefficient (Wildman–Crippen LogP) is 3.96. The number of ether oxygens (including phenoxy) is 1. The molecule has 0 radical (unpaired) electrons. The number of benzene rings is 1. The molecule has 0 aliphatic heterocycles. The van der Waals surface area contributed by atoms with Gasteiger partial charge >= 0.3 is 0 Å². The zero-order valence-corrected chi connectivity index (χ0v) is 13.5. The smallest absolute Gasteiger partial charge is 0.0502 e. The molecular formula is C19H29NO. The van der Waals surface area contributed by atoms with Gasteiger partial charge in [-0.25, -0.2) is 0 Å². The van der Waals surface area contributed by atoms with Crippen molar-refractivity contribution in [2.45, 2.75) is 44.6 Å². The molecule has 2 aliphatic rings. The van der Waals surface area contributed by atoms with E-state index in [2.05, 4.69) is 36.6 Å². The van der Waals surface area contributed by atoms with Gasteiger partial charge in [-0.3, -0.25) is 0 Å². The van der Waals surface area contributed by atoms with Crippen LogP contribution in [-0.4, -0.2) is 20.8 Å². The van der Waals surface area contributed by atoms with Crippen LogP contribution >= 0.6 is 0 Å². The average Bonchev–Trinajstić information content (AvgIpc) is 3.14. The lowest BCUT2D eigenvalue weighted by Gasteiger charge is -2.27. The van der Waals surface area contributed by atoms with Crippen molar-refractivity contribution in [3.05, 3.63) is 35.4 Å². The minimum Gasteiger partial charge on any atom is -0.384 e. The van der Waals surface area contributed by atoms with Crippen LogP contribution in [0.2, 0.25) is 0 Å². The third kappa shape index (κ3) is 3.49. The zero-order chi connectivity index (χ0) is 14.7. The molecule has 0 heterocycles. The number of methoxy groups -OCH3 is 1. The Hall–Kier alpha value is -0.860. The first-order valence-corrected chi connectivity index (χ1v) is 8.55. The maximum atomic E-state index is 5.15. The molecule has 1 aromatic carbocycles. The first-order valence-electron chi connectivity index (χ1n) is 8.55. The molecular weight excluding hydrogens is 258 g/mol. The highest BCUT2D eigenvalue weighted by atomic mass is 16.5. The molecule has 2 bridgehead atoms. The number of rotatable bonds is 7. The topological polar surface area (TPSA) is 21.3 Å². The lowest BCUT2D eigenvalue weighted by molar-refractivity contribution is 0.202. The highest BCUT2D eigenvalue weighted by molar-refractivity contribution is 5.25. The van der Waals surface area contributed by atoms with Gasteiger partial charge in [0.2, 0.25) is 0 Å². The second kappa shape index (κ2) is 6.93. The number of nitrogens with one attached hydrogen (secondary N) is 1. The van der Waals surface area contributed by atoms with Crippen LogP contribution in [0.4, 0.5) is 0 Å². The van der Waals surface area contributed by atoms with E-state index in [1.807, 2.05) is 0 Å². The van der Waals surface area contributed by atoms with Crippen LogP contribution in [0.5, 0.6) is 0 Å². The van der Waals surface area contributed by atoms with Gasteiger partial charge in [-0.05, 0) is 68.0 Å². The van der Waals surface area contributed by atoms with Crippen LogP contribution in [0.25, 0.3) is 0 Å². The van der Waals surface area contributed by atoms with Gasteiger partial charge < -0.3 is 10.1 Å². The molecule has 1 aromatic rings. The lowest BCUT2D eigenvalue weighted by Crippen LogP contribution is -2.22. The van der Waals surface area contributed by atoms with E-state index in [1.54, 1.807) is 7.11 Å². The summed E-state index contributed by atoms with van der Waals surface area (Å²) in [5.74, 6) is 3.02. The minimum absolute atomic E-state index is 0.519. The van der Waals surface area contributed by atoms with Gasteiger partial charge in [0.15, 0.2) is 0 Å². The monoisotopic (exact) mass is 287 g/mol. The van der Waals surface area contributed by atoms with Crippen molar-refractivity contribution in [1.29, 1.82) is 0 Å². The Morgan fingerprint density at radius 3 is 2.57 bits per heavy atom. The second-order valence-electron chi connectivity index (χ2n) is 7.00. The molecule has 2 nitrogen and oxygen atoms in total. The first kappa shape index (κ1) is 15.1. The fraction of sp³-hybridized carbons (Fsp3) is 0.684. The predicted molar refractivity (Wildman–Crippen MR) is 87.4 cm³/mol. The minimum atomic E-state index is 0.519. The van der Waals surface area contributed by atoms with Crippen LogP contribution < -0.4 is 5.32 Å². The second-order valence-corrected chi connectivity index (χ2v) is 7.00. The van der Waals surface area contributed by atoms with Gasteiger partial charge in [-0.15, -0.1) is 0 Å². The molecule has 0 aromatic heterocycles. The summed E-state index contributed by atoms with van der Waals surface area (Å²) >= 11 is 0. The van der Waals surface area contributed by atoms with Crippen molar-refractivity contribution in [3.8, 4) is 0 Å². The molecule has 2 aliphatic carbocycles. The van der Waals surface area contributed by atoms with Crippen molar-refractivity contribution in [1.82, 2.24) is 5.32 Å². The molecule has 4 unspecified atom stereocenters. The van der Waals surface area contributed by atoms with Crippen molar-refractivity contribution in [2.75, 3.05) is 20.8 Å². The largest absolute Gasteiger partial charge is 0.384 e. The fourth-order valence-corrected chi connectivity index (χ4v) is 4.53. The van der Waals surface area contributed by atoms with Crippen molar-refractivity contribution >= 4 is 0 Å². The Bertz CT molecular complexity index is 441. The van der Waals surface area contributed by atoms with Crippen LogP contribution in [0.1, 0.15) is 49.3 Å². The van der Waals surface area contributed by atoms with E-state index < -0.39 is 0 Å². The van der Waals surface area contributed by atoms with Gasteiger partial charge in [-0.2, -0.15) is 0 Å². The van der Waals surface area contributed by atoms with Gasteiger partial charge in [0.05, 0.1) is 6.61 Å². The summed E-state index contributed by atoms with van der Waals surface area (Å²) in [5.41, 5.74) is 2.82. The fourth-order valence-electron chi connectivity index (χ4n) is 4.53. The highest BCUT2D eigenvalue weighted by Crippen LogP contribution is 2.50. The van der Waals surface area contributed by atoms with Gasteiger partial charge in [0.1, 0.15) is 0 Å². The summed E-state index contributed by atoms with van der Waals surface area (Å²) < 4.78 is 5.15. The van der Waals surface area contributed by atoms with Gasteiger partial charge in [0.25, 0.3) is 0 Å². The summed E-state index contributed by atoms with van der Waals surface area (Å²) in [6, 6.07) is 9.66. The molecule has 4 atom stereocenters. The third-order valence-corrected chi connectivity index (χ3v) is 5.75. The third-order valence-electron chi connectivity index (χ3n) is 5.75. The SMILES string of the molecule is CNC(CC1CC2CCC1C2)c1ccc(CCOC)cc1. The van der Waals surface area contributed by atoms with Crippen LogP contribution in [0, 0.1) is 17.8 Å². The molecule has 2 fully saturated rings. The molecule has 0 spiro atoms. The standard InChI is InChI=1S/C19H29NO/c1-20-19(13-18-12-15-5-8-17(18)11-15)16-6-3-14(4-7-16)9-10-21-2/h3-4,6-7,15,17-20H,5,8-13H2,1-2H3. The Morgan fingerprint density at radius 2 is 2.00 bits per heavy atom. The number of fused-ring (bicyclic) bond motifs is 2. The maximum Gasteiger partial charge on any atom is 0.0502 e. The number of hydrogen-bond donors (Lipinski definition) is 1. The molecule has 0 saturated heterocycles. The molecule has 0 amide bonds. The van der Waals surface area contributed by atoms with E-state index in [4.69, 9.17) is 4.74 Å². The van der Waals surface area contributed by atoms with Crippen LogP contribution in [0.3, 0.4) is 0 Å². The molecule has 2 saturated carbocycles. The molecule has 116 valence electrons. The van der Waals surface area contributed by atoms with Crippen molar-refractivity contribution in [3.63, 3.8) is 0 Å². The first-order chi connectivity index (χ1) is 10.3. The summed E-state index contributed by atoms with van der Waals surface area (Å²) in [7, 11) is 3.87. The Balaban J connectivity index is 1.60. The summed E-state index contributed by atoms with van der Waals surface area (Å²) in [6.07, 6.45) is 8.30. The Morgan fingerprint density at radius 1 is 1.19 bits per heavy atom. The summed E-state index contributed by atoms with van der Waals surface area (Å²) in [4.78, 5) is 0. The van der Waals surface area contributed by atoms with E-state index in [-0.39, 0.29) is 0 Å². The van der Waals surface area contributed by atoms with Crippen molar-refractivity contribution < 1.29 is 4.74 Å². The highest BCUT2D eigenvalue weighted by Gasteiger charge is 2.40. The van der Waals surface area contributed by atoms with Gasteiger partial charge in [0, 0.05) is 13.2 Å². The summed E-state index contributed by atoms with van der Waals surface area (Å²) in [6.45, 7) is 0.806. The molecule has 3 rings (SSSR count). The Kier molecular flexibility index (Phi) is 4.97. The van der Waals surface area contributed by atoms with Crippen molar-refractivity contribution in [2.24, 2.45) is 17.8 Å². The van der Waals surface area contributed by atoms with Crippen LogP contribution in [-0.2, 0) is 11.2 Å². The van der Waals surface area contributed by atoms with E-state index in [9.17, 15) is 0 Å². The summed E-state index contributed by atoms with van der Waals surface area (Å²) in [5, 5.41) is 3.54. The normalized spacial score (nSPS) is 29.0. The lowest BCUT2D eigenvalue weighted by atomic mass is 9.82. The van der Waals surface area contributed by atoms with E-state index in [1.165, 1.54) is 43.2 Å². The number of hydrogen-bond acceptors (Lipinski definition) is 2. The van der Waals surface area contributed by atoms with E-state index >= 15 is 0 Å². The molecule has 21 heavy (non-hydrogen) atoms. The zero-order valence-electron chi connectivity index (χ0n) is 13.5. The molecule has 1 N–H and O–H groups in total. The maximum absolute atomic E-state index is 5.15. The van der Waals surface area contributed by atoms with Gasteiger partial charge in [-0.1, -0.05) is 30.7 Å².